The van der Waals surface area contributed by atoms with Gasteiger partial charge in [-0.3, -0.25) is 14.4 Å². The maximum Gasteiger partial charge on any atom is 0.419 e. The van der Waals surface area contributed by atoms with Gasteiger partial charge in [0.2, 0.25) is 0 Å². The Morgan fingerprint density at radius 2 is 1.64 bits per heavy atom. The van der Waals surface area contributed by atoms with Crippen LogP contribution in [0.5, 0.6) is 0 Å². The number of nitrogens with zero attached hydrogens (tertiary/aromatic N) is 3. The maximum absolute atomic E-state index is 14.2. The molecule has 2 aromatic carbocycles. The summed E-state index contributed by atoms with van der Waals surface area (Å²) < 4.78 is 59.5. The third-order valence-corrected chi connectivity index (χ3v) is 8.88. The van der Waals surface area contributed by atoms with E-state index in [0.717, 1.165) is 29.1 Å². The highest BCUT2D eigenvalue weighted by atomic mass is 19.4. The van der Waals surface area contributed by atoms with Crippen LogP contribution in [-0.2, 0) is 33.0 Å². The SMILES string of the molecule is COC(=O)C[C@H](NCCCN=C(N)N)c1ccc(-n2cc3cc(C(C)(C)C)[nH]c3nc2=O)cc1.C[C@H](N)CCCc1cc(C(C)(C)C)c(F)c(C(F)(F)F)c1. The lowest BCUT2D eigenvalue weighted by molar-refractivity contribution is -0.141. The van der Waals surface area contributed by atoms with Gasteiger partial charge in [0.15, 0.2) is 5.96 Å². The molecule has 4 aromatic rings. The van der Waals surface area contributed by atoms with Gasteiger partial charge in [0.25, 0.3) is 0 Å². The van der Waals surface area contributed by atoms with Crippen molar-refractivity contribution in [2.45, 2.75) is 110 Å². The Hall–Kier alpha value is -4.76. The van der Waals surface area contributed by atoms with Crippen molar-refractivity contribution in [1.29, 1.82) is 0 Å². The Kier molecular flexibility index (Phi) is 15.2. The number of aliphatic imine (C=N–C) groups is 1. The van der Waals surface area contributed by atoms with Crippen molar-refractivity contribution in [1.82, 2.24) is 19.9 Å². The smallest absolute Gasteiger partial charge is 0.419 e. The quantitative estimate of drug-likeness (QED) is 0.0328. The summed E-state index contributed by atoms with van der Waals surface area (Å²) in [5.74, 6) is -1.43. The first-order valence-electron chi connectivity index (χ1n) is 18.3. The Morgan fingerprint density at radius 1 is 1.00 bits per heavy atom. The minimum absolute atomic E-state index is 0.00891. The third-order valence-electron chi connectivity index (χ3n) is 8.88. The molecular formula is C40H56F4N8O3. The first-order valence-corrected chi connectivity index (χ1v) is 18.3. The fourth-order valence-electron chi connectivity index (χ4n) is 5.78. The highest BCUT2D eigenvalue weighted by Gasteiger charge is 2.37. The summed E-state index contributed by atoms with van der Waals surface area (Å²) in [5, 5.41) is 4.21. The number of alkyl halides is 3. The lowest BCUT2D eigenvalue weighted by Crippen LogP contribution is -2.27. The van der Waals surface area contributed by atoms with E-state index in [-0.39, 0.29) is 47.1 Å². The van der Waals surface area contributed by atoms with Crippen molar-refractivity contribution < 1.29 is 27.1 Å². The minimum Gasteiger partial charge on any atom is -0.469 e. The third kappa shape index (κ3) is 13.2. The number of guanidine groups is 1. The molecule has 0 unspecified atom stereocenters. The zero-order chi connectivity index (χ0) is 41.3. The number of aryl methyl sites for hydroxylation is 1. The van der Waals surface area contributed by atoms with Crippen LogP contribution in [0.1, 0.15) is 108 Å². The number of aromatic nitrogens is 3. The molecule has 0 aliphatic heterocycles. The number of aromatic amines is 1. The number of nitrogens with one attached hydrogen (secondary N) is 2. The number of halogens is 4. The lowest BCUT2D eigenvalue weighted by Gasteiger charge is -2.23. The molecule has 0 aliphatic rings. The zero-order valence-corrected chi connectivity index (χ0v) is 33.0. The molecule has 11 nitrogen and oxygen atoms in total. The molecular weight excluding hydrogens is 716 g/mol. The van der Waals surface area contributed by atoms with Crippen LogP contribution in [-0.4, -0.2) is 52.7 Å². The van der Waals surface area contributed by atoms with Crippen LogP contribution in [0, 0.1) is 5.82 Å². The van der Waals surface area contributed by atoms with Crippen molar-refractivity contribution in [3.05, 3.63) is 92.9 Å². The number of nitrogens with two attached hydrogens (primary N) is 3. The van der Waals surface area contributed by atoms with E-state index in [1.165, 1.54) is 11.7 Å². The van der Waals surface area contributed by atoms with Crippen LogP contribution in [0.25, 0.3) is 16.7 Å². The number of fused-ring (bicyclic) bond motifs is 1. The molecule has 0 amide bonds. The number of hydrogen-bond acceptors (Lipinski definition) is 7. The number of rotatable bonds is 13. The van der Waals surface area contributed by atoms with Crippen molar-refractivity contribution in [2.24, 2.45) is 22.2 Å². The lowest BCUT2D eigenvalue weighted by atomic mass is 9.83. The summed E-state index contributed by atoms with van der Waals surface area (Å²) >= 11 is 0. The second-order valence-electron chi connectivity index (χ2n) is 15.8. The molecule has 0 radical (unpaired) electrons. The number of ether oxygens (including phenoxy) is 1. The molecule has 2 aromatic heterocycles. The van der Waals surface area contributed by atoms with E-state index in [0.29, 0.717) is 49.2 Å². The highest BCUT2D eigenvalue weighted by molar-refractivity contribution is 5.76. The van der Waals surface area contributed by atoms with E-state index in [1.807, 2.05) is 37.3 Å². The van der Waals surface area contributed by atoms with Crippen LogP contribution < -0.4 is 28.2 Å². The van der Waals surface area contributed by atoms with E-state index < -0.39 is 23.0 Å². The fourth-order valence-corrected chi connectivity index (χ4v) is 5.78. The summed E-state index contributed by atoms with van der Waals surface area (Å²) in [6, 6.07) is 11.7. The van der Waals surface area contributed by atoms with Gasteiger partial charge in [-0.25, -0.2) is 9.18 Å². The predicted octanol–water partition coefficient (Wildman–Crippen LogP) is 6.68. The molecule has 8 N–H and O–H groups in total. The van der Waals surface area contributed by atoms with Gasteiger partial charge in [0.05, 0.1) is 24.8 Å². The van der Waals surface area contributed by atoms with Crippen molar-refractivity contribution in [3.8, 4) is 5.69 Å². The van der Waals surface area contributed by atoms with Gasteiger partial charge < -0.3 is 32.2 Å². The normalized spacial score (nSPS) is 13.2. The Bertz CT molecular complexity index is 1930. The fraction of sp³-hybridized carbons (Fsp3) is 0.500. The van der Waals surface area contributed by atoms with Crippen molar-refractivity contribution >= 4 is 23.0 Å². The Morgan fingerprint density at radius 3 is 2.18 bits per heavy atom. The van der Waals surface area contributed by atoms with Gasteiger partial charge in [0, 0.05) is 41.3 Å². The number of hydrogen-bond donors (Lipinski definition) is 5. The summed E-state index contributed by atoms with van der Waals surface area (Å²) in [6.07, 6.45) is -0.130. The predicted molar refractivity (Wildman–Crippen MR) is 210 cm³/mol. The highest BCUT2D eigenvalue weighted by Crippen LogP contribution is 2.37. The number of methoxy groups -OCH3 is 1. The summed E-state index contributed by atoms with van der Waals surface area (Å²) in [6.45, 7) is 14.4. The summed E-state index contributed by atoms with van der Waals surface area (Å²) in [7, 11) is 1.36. The van der Waals surface area contributed by atoms with Crippen LogP contribution in [0.3, 0.4) is 0 Å². The molecule has 4 rings (SSSR count). The monoisotopic (exact) mass is 772 g/mol. The molecule has 0 aliphatic carbocycles. The number of carbonyl (C=O) groups excluding carboxylic acids is 1. The van der Waals surface area contributed by atoms with Gasteiger partial charge >= 0.3 is 17.8 Å². The topological polar surface area (TPSA) is 179 Å². The molecule has 0 bridgehead atoms. The van der Waals surface area contributed by atoms with Gasteiger partial charge in [-0.15, -0.1) is 0 Å². The number of benzene rings is 2. The molecule has 302 valence electrons. The van der Waals surface area contributed by atoms with Crippen LogP contribution >= 0.6 is 0 Å². The van der Waals surface area contributed by atoms with E-state index in [1.54, 1.807) is 33.0 Å². The molecule has 0 saturated heterocycles. The van der Waals surface area contributed by atoms with Crippen LogP contribution in [0.2, 0.25) is 0 Å². The van der Waals surface area contributed by atoms with Gasteiger partial charge in [0.1, 0.15) is 11.5 Å². The van der Waals surface area contributed by atoms with E-state index >= 15 is 0 Å². The molecule has 15 heteroatoms. The first-order chi connectivity index (χ1) is 25.5. The molecule has 0 fully saturated rings. The number of H-pyrrole nitrogens is 1. The van der Waals surface area contributed by atoms with Gasteiger partial charge in [-0.1, -0.05) is 59.7 Å². The van der Waals surface area contributed by atoms with Crippen LogP contribution in [0.15, 0.2) is 58.4 Å². The van der Waals surface area contributed by atoms with Crippen LogP contribution in [0.4, 0.5) is 17.6 Å². The number of carbonyl (C=O) groups is 1. The van der Waals surface area contributed by atoms with Crippen molar-refractivity contribution in [3.63, 3.8) is 0 Å². The molecule has 2 atom stereocenters. The number of esters is 1. The van der Waals surface area contributed by atoms with E-state index in [2.05, 4.69) is 41.0 Å². The molecule has 0 spiro atoms. The molecule has 2 heterocycles. The first kappa shape index (κ1) is 44.6. The average Bonchev–Trinajstić information content (AvgIpc) is 3.50. The van der Waals surface area contributed by atoms with E-state index in [9.17, 15) is 27.2 Å². The second kappa shape index (κ2) is 18.7. The van der Waals surface area contributed by atoms with Gasteiger partial charge in [-0.2, -0.15) is 18.2 Å². The Labute approximate surface area is 320 Å². The average molecular weight is 773 g/mol. The largest absolute Gasteiger partial charge is 0.469 e. The van der Waals surface area contributed by atoms with Crippen molar-refractivity contribution in [2.75, 3.05) is 20.2 Å². The minimum atomic E-state index is -4.68. The molecule has 55 heavy (non-hydrogen) atoms. The van der Waals surface area contributed by atoms with E-state index in [4.69, 9.17) is 21.9 Å². The standard InChI is InChI=1S/C24H33N7O3.C16H23F4N/c1-24(2,3)19-12-16-14-31(23(33)30-21(16)29-19)17-8-6-15(7-9-17)18(13-20(32)34-4)27-10-5-11-28-22(25)26;1-10(21)6-5-7-11-8-12(15(2,3)4)14(17)13(9-11)16(18,19)20/h6-9,12,14,18,27H,5,10-11,13H2,1-4H3,(H4,25,26,28)(H,29,30,33);8-10H,5-7,21H2,1-4H3/t18-;10-/m00/s1. The second-order valence-corrected chi connectivity index (χ2v) is 15.8. The summed E-state index contributed by atoms with van der Waals surface area (Å²) in [4.78, 5) is 36.0. The summed E-state index contributed by atoms with van der Waals surface area (Å²) in [5.41, 5.74) is 17.8. The molecule has 0 saturated carbocycles. The maximum atomic E-state index is 14.2. The Balaban J connectivity index is 0.000000332. The zero-order valence-electron chi connectivity index (χ0n) is 33.0. The van der Waals surface area contributed by atoms with Gasteiger partial charge in [-0.05, 0) is 85.5 Å².